The van der Waals surface area contributed by atoms with E-state index in [1.807, 2.05) is 25.1 Å². The quantitative estimate of drug-likeness (QED) is 0.710. The molecule has 0 atom stereocenters. The number of benzene rings is 1. The molecule has 1 aliphatic heterocycles. The summed E-state index contributed by atoms with van der Waals surface area (Å²) in [6.07, 6.45) is 4.21. The lowest BCUT2D eigenvalue weighted by Gasteiger charge is -2.35. The highest BCUT2D eigenvalue weighted by molar-refractivity contribution is 7.89. The van der Waals surface area contributed by atoms with E-state index in [9.17, 15) is 13.2 Å². The van der Waals surface area contributed by atoms with Crippen molar-refractivity contribution in [2.75, 3.05) is 13.1 Å². The van der Waals surface area contributed by atoms with Crippen molar-refractivity contribution in [2.45, 2.75) is 43.2 Å². The van der Waals surface area contributed by atoms with Crippen LogP contribution in [-0.2, 0) is 10.0 Å². The number of hydrogen-bond acceptors (Lipinski definition) is 5. The normalized spacial score (nSPS) is 21.2. The molecular formula is C22H25N3O5S. The molecule has 1 fully saturated rings. The van der Waals surface area contributed by atoms with Gasteiger partial charge in [-0.25, -0.2) is 22.9 Å². The molecule has 2 aliphatic rings. The minimum absolute atomic E-state index is 0.126. The fraction of sp³-hybridized carbons (Fsp3) is 0.364. The summed E-state index contributed by atoms with van der Waals surface area (Å²) >= 11 is 0. The molecule has 1 saturated carbocycles. The van der Waals surface area contributed by atoms with Gasteiger partial charge in [-0.15, -0.1) is 0 Å². The number of pyridine rings is 1. The van der Waals surface area contributed by atoms with Crippen LogP contribution >= 0.6 is 0 Å². The van der Waals surface area contributed by atoms with Crippen molar-refractivity contribution in [2.24, 2.45) is 0 Å². The molecule has 4 rings (SSSR count). The second-order valence-corrected chi connectivity index (χ2v) is 9.62. The molecule has 2 aromatic rings. The number of rotatable bonds is 6. The lowest BCUT2D eigenvalue weighted by Crippen LogP contribution is -2.49. The predicted molar refractivity (Wildman–Crippen MR) is 115 cm³/mol. The zero-order chi connectivity index (χ0) is 22.0. The monoisotopic (exact) mass is 443 g/mol. The third kappa shape index (κ3) is 4.88. The maximum Gasteiger partial charge on any atom is 0.407 e. The minimum atomic E-state index is -3.55. The first-order valence-corrected chi connectivity index (χ1v) is 11.7. The van der Waals surface area contributed by atoms with Crippen molar-refractivity contribution in [1.29, 1.82) is 0 Å². The lowest BCUT2D eigenvalue weighted by atomic mass is 9.90. The number of amides is 1. The summed E-state index contributed by atoms with van der Waals surface area (Å²) < 4.78 is 33.9. The predicted octanol–water partition coefficient (Wildman–Crippen LogP) is 3.05. The standard InChI is InChI=1S/C22H25N3O5S/c1-15-4-6-19(7-5-15)31(28,29)24-17-13-18(14-17)30-21-20(3-2-10-23-21)16-8-11-25(12-9-16)22(26)27/h2-8,10,17-18,24H,9,11-14H2,1H3,(H,26,27). The molecule has 1 amide bonds. The Kier molecular flexibility index (Phi) is 5.97. The van der Waals surface area contributed by atoms with Crippen molar-refractivity contribution in [3.8, 4) is 5.88 Å². The Labute approximate surface area is 181 Å². The van der Waals surface area contributed by atoms with Gasteiger partial charge in [0, 0.05) is 43.7 Å². The molecular weight excluding hydrogens is 418 g/mol. The number of carbonyl (C=O) groups is 1. The molecule has 31 heavy (non-hydrogen) atoms. The van der Waals surface area contributed by atoms with Gasteiger partial charge in [0.25, 0.3) is 0 Å². The van der Waals surface area contributed by atoms with Gasteiger partial charge in [-0.05, 0) is 43.2 Å². The molecule has 0 saturated heterocycles. The summed E-state index contributed by atoms with van der Waals surface area (Å²) in [7, 11) is -3.55. The molecule has 2 heterocycles. The van der Waals surface area contributed by atoms with Crippen LogP contribution in [-0.4, -0.2) is 54.7 Å². The fourth-order valence-electron chi connectivity index (χ4n) is 3.74. The number of aromatic nitrogens is 1. The van der Waals surface area contributed by atoms with Gasteiger partial charge in [-0.2, -0.15) is 0 Å². The first-order valence-electron chi connectivity index (χ1n) is 10.2. The van der Waals surface area contributed by atoms with Crippen LogP contribution in [0.25, 0.3) is 5.57 Å². The summed E-state index contributed by atoms with van der Waals surface area (Å²) in [6.45, 7) is 2.68. The van der Waals surface area contributed by atoms with E-state index in [4.69, 9.17) is 9.84 Å². The number of sulfonamides is 1. The second kappa shape index (κ2) is 8.68. The molecule has 2 N–H and O–H groups in total. The number of nitrogens with zero attached hydrogens (tertiary/aromatic N) is 2. The average Bonchev–Trinajstić information content (AvgIpc) is 2.73. The number of nitrogens with one attached hydrogen (secondary N) is 1. The average molecular weight is 444 g/mol. The van der Waals surface area contributed by atoms with Crippen molar-refractivity contribution >= 4 is 21.7 Å². The maximum absolute atomic E-state index is 12.5. The molecule has 1 aliphatic carbocycles. The SMILES string of the molecule is Cc1ccc(S(=O)(=O)NC2CC(Oc3ncccc3C3=CCN(C(=O)O)CC3)C2)cc1. The summed E-state index contributed by atoms with van der Waals surface area (Å²) in [5.74, 6) is 0.502. The Balaban J connectivity index is 1.36. The van der Waals surface area contributed by atoms with Crippen LogP contribution in [0.5, 0.6) is 5.88 Å². The molecule has 1 aromatic heterocycles. The molecule has 0 radical (unpaired) electrons. The number of ether oxygens (including phenoxy) is 1. The van der Waals surface area contributed by atoms with Crippen molar-refractivity contribution < 1.29 is 23.1 Å². The van der Waals surface area contributed by atoms with E-state index < -0.39 is 16.1 Å². The van der Waals surface area contributed by atoms with E-state index in [1.54, 1.807) is 30.5 Å². The molecule has 1 aromatic carbocycles. The maximum atomic E-state index is 12.5. The van der Waals surface area contributed by atoms with E-state index >= 15 is 0 Å². The summed E-state index contributed by atoms with van der Waals surface area (Å²) in [5.41, 5.74) is 2.87. The Morgan fingerprint density at radius 3 is 2.61 bits per heavy atom. The van der Waals surface area contributed by atoms with Gasteiger partial charge in [-0.1, -0.05) is 23.8 Å². The van der Waals surface area contributed by atoms with E-state index in [0.29, 0.717) is 38.2 Å². The molecule has 9 heteroatoms. The fourth-order valence-corrected chi connectivity index (χ4v) is 5.00. The van der Waals surface area contributed by atoms with Crippen LogP contribution in [0.1, 0.15) is 30.4 Å². The van der Waals surface area contributed by atoms with Crippen LogP contribution in [0.15, 0.2) is 53.6 Å². The second-order valence-electron chi connectivity index (χ2n) is 7.91. The number of hydrogen-bond donors (Lipinski definition) is 2. The smallest absolute Gasteiger partial charge is 0.407 e. The zero-order valence-electron chi connectivity index (χ0n) is 17.2. The van der Waals surface area contributed by atoms with E-state index in [-0.39, 0.29) is 17.0 Å². The third-order valence-corrected chi connectivity index (χ3v) is 7.16. The van der Waals surface area contributed by atoms with Gasteiger partial charge in [-0.3, -0.25) is 0 Å². The van der Waals surface area contributed by atoms with Gasteiger partial charge in [0.15, 0.2) is 0 Å². The first-order chi connectivity index (χ1) is 14.8. The lowest BCUT2D eigenvalue weighted by molar-refractivity contribution is 0.0893. The van der Waals surface area contributed by atoms with Crippen molar-refractivity contribution in [3.05, 3.63) is 59.8 Å². The third-order valence-electron chi connectivity index (χ3n) is 5.62. The highest BCUT2D eigenvalue weighted by Gasteiger charge is 2.35. The van der Waals surface area contributed by atoms with Gasteiger partial charge < -0.3 is 14.7 Å². The van der Waals surface area contributed by atoms with E-state index in [2.05, 4.69) is 9.71 Å². The Morgan fingerprint density at radius 2 is 1.97 bits per heavy atom. The Bertz CT molecular complexity index is 1090. The van der Waals surface area contributed by atoms with Gasteiger partial charge in [0.05, 0.1) is 4.90 Å². The topological polar surface area (TPSA) is 109 Å². The van der Waals surface area contributed by atoms with Gasteiger partial charge in [0.1, 0.15) is 6.10 Å². The van der Waals surface area contributed by atoms with E-state index in [1.165, 1.54) is 4.90 Å². The zero-order valence-corrected chi connectivity index (χ0v) is 18.0. The summed E-state index contributed by atoms with van der Waals surface area (Å²) in [4.78, 5) is 17.1. The van der Waals surface area contributed by atoms with Gasteiger partial charge in [0.2, 0.25) is 15.9 Å². The highest BCUT2D eigenvalue weighted by Crippen LogP contribution is 2.33. The minimum Gasteiger partial charge on any atom is -0.474 e. The highest BCUT2D eigenvalue weighted by atomic mass is 32.2. The van der Waals surface area contributed by atoms with Crippen LogP contribution < -0.4 is 9.46 Å². The summed E-state index contributed by atoms with van der Waals surface area (Å²) in [5, 5.41) is 9.11. The molecule has 0 unspecified atom stereocenters. The van der Waals surface area contributed by atoms with Crippen LogP contribution in [0.3, 0.4) is 0 Å². The van der Waals surface area contributed by atoms with E-state index in [0.717, 1.165) is 16.7 Å². The first kappa shape index (κ1) is 21.3. The largest absolute Gasteiger partial charge is 0.474 e. The molecule has 0 bridgehead atoms. The number of aryl methyl sites for hydroxylation is 1. The van der Waals surface area contributed by atoms with Crippen LogP contribution in [0, 0.1) is 6.92 Å². The number of carboxylic acid groups (broad SMARTS) is 1. The molecule has 8 nitrogen and oxygen atoms in total. The summed E-state index contributed by atoms with van der Waals surface area (Å²) in [6, 6.07) is 10.3. The van der Waals surface area contributed by atoms with Gasteiger partial charge >= 0.3 is 6.09 Å². The molecule has 164 valence electrons. The Hall–Kier alpha value is -2.91. The van der Waals surface area contributed by atoms with Crippen molar-refractivity contribution in [3.63, 3.8) is 0 Å². The molecule has 0 spiro atoms. The Morgan fingerprint density at radius 1 is 1.23 bits per heavy atom. The van der Waals surface area contributed by atoms with Crippen LogP contribution in [0.2, 0.25) is 0 Å². The van der Waals surface area contributed by atoms with Crippen molar-refractivity contribution in [1.82, 2.24) is 14.6 Å². The van der Waals surface area contributed by atoms with Crippen LogP contribution in [0.4, 0.5) is 4.79 Å².